The average Bonchev–Trinajstić information content (AvgIpc) is 2.93. The number of carboxylic acid groups (broad SMARTS) is 12. The van der Waals surface area contributed by atoms with E-state index in [1.807, 2.05) is 0 Å². The van der Waals surface area contributed by atoms with Gasteiger partial charge in [-0.3, -0.25) is 49.8 Å². The van der Waals surface area contributed by atoms with E-state index in [9.17, 15) is 119 Å². The van der Waals surface area contributed by atoms with Gasteiger partial charge in [0.1, 0.15) is 0 Å². The Morgan fingerprint density at radius 2 is 0.393 bits per heavy atom. The second kappa shape index (κ2) is 18.2. The van der Waals surface area contributed by atoms with Crippen molar-refractivity contribution in [2.24, 2.45) is 11.5 Å². The average molecular weight is 821 g/mol. The number of ether oxygens (including phenoxy) is 4. The molecule has 0 aromatic heterocycles. The normalized spacial score (nSPS) is 12.5. The third-order valence-corrected chi connectivity index (χ3v) is 6.93. The molecular weight excluding hydrogens is 788 g/mol. The van der Waals surface area contributed by atoms with Crippen LogP contribution in [0.1, 0.15) is 51.4 Å². The summed E-state index contributed by atoms with van der Waals surface area (Å²) in [6, 6.07) is 0. The van der Waals surface area contributed by atoms with Crippen LogP contribution in [-0.4, -0.2) is 167 Å². The maximum atomic E-state index is 12.6. The van der Waals surface area contributed by atoms with Crippen molar-refractivity contribution in [1.82, 2.24) is 0 Å². The lowest BCUT2D eigenvalue weighted by molar-refractivity contribution is -0.465. The van der Waals surface area contributed by atoms with Crippen molar-refractivity contribution in [3.8, 4) is 0 Å². The fraction of sp³-hybridized carbons (Fsp3) is 0.538. The number of nitrogens with two attached hydrogens (primary N) is 2. The highest BCUT2D eigenvalue weighted by atomic mass is 16.8. The lowest BCUT2D eigenvalue weighted by Crippen LogP contribution is -2.80. The molecule has 56 heavy (non-hydrogen) atoms. The number of hydrogen-bond acceptors (Lipinski definition) is 18. The van der Waals surface area contributed by atoms with Gasteiger partial charge in [-0.25, -0.2) is 19.2 Å². The fourth-order valence-electron chi connectivity index (χ4n) is 4.76. The first-order valence-electron chi connectivity index (χ1n) is 14.2. The van der Waals surface area contributed by atoms with E-state index in [1.165, 1.54) is 0 Å². The molecule has 314 valence electrons. The summed E-state index contributed by atoms with van der Waals surface area (Å²) in [6.07, 6.45) is -18.1. The summed E-state index contributed by atoms with van der Waals surface area (Å²) in [6.45, 7) is 0. The van der Waals surface area contributed by atoms with Crippen LogP contribution in [0.25, 0.3) is 0 Å². The molecule has 0 aliphatic rings. The fourth-order valence-corrected chi connectivity index (χ4v) is 4.76. The van der Waals surface area contributed by atoms with Gasteiger partial charge < -0.3 is 80.2 Å². The van der Waals surface area contributed by atoms with E-state index in [1.54, 1.807) is 0 Å². The topological polar surface area (TPSA) is 537 Å². The van der Waals surface area contributed by atoms with Crippen molar-refractivity contribution in [3.05, 3.63) is 0 Å². The lowest BCUT2D eigenvalue weighted by Gasteiger charge is -2.52. The Bertz CT molecular complexity index is 1370. The summed E-state index contributed by atoms with van der Waals surface area (Å²) in [4.78, 5) is 145. The molecule has 0 rings (SSSR count). The summed E-state index contributed by atoms with van der Waals surface area (Å²) in [7, 11) is 0. The van der Waals surface area contributed by atoms with Gasteiger partial charge >= 0.3 is 71.6 Å². The number of aliphatic carboxylic acids is 12. The smallest absolute Gasteiger partial charge is 0.337 e. The van der Waals surface area contributed by atoms with Gasteiger partial charge in [0.2, 0.25) is 0 Å². The van der Waals surface area contributed by atoms with Crippen LogP contribution in [0, 0.1) is 0 Å². The Morgan fingerprint density at radius 1 is 0.286 bits per heavy atom. The van der Waals surface area contributed by atoms with Gasteiger partial charge in [-0.15, -0.1) is 0 Å². The molecule has 0 aromatic rings. The van der Waals surface area contributed by atoms with E-state index in [0.29, 0.717) is 0 Å². The number of carboxylic acids is 12. The molecule has 0 heterocycles. The van der Waals surface area contributed by atoms with E-state index >= 15 is 0 Å². The summed E-state index contributed by atoms with van der Waals surface area (Å²) in [5, 5.41) is 116. The summed E-state index contributed by atoms with van der Waals surface area (Å²) < 4.78 is 19.6. The van der Waals surface area contributed by atoms with Gasteiger partial charge in [0.15, 0.2) is 22.4 Å². The minimum Gasteiger partial charge on any atom is -0.481 e. The minimum absolute atomic E-state index is 2.26. The van der Waals surface area contributed by atoms with Gasteiger partial charge in [-0.1, -0.05) is 0 Å². The Labute approximate surface area is 306 Å². The highest BCUT2D eigenvalue weighted by Crippen LogP contribution is 2.44. The van der Waals surface area contributed by atoms with Gasteiger partial charge in [0.05, 0.1) is 51.4 Å². The molecule has 30 heteroatoms. The number of carbonyl (C=O) groups is 12. The quantitative estimate of drug-likeness (QED) is 0.0316. The highest BCUT2D eigenvalue weighted by Gasteiger charge is 2.70. The molecule has 0 spiro atoms. The molecule has 16 N–H and O–H groups in total. The molecule has 30 nitrogen and oxygen atoms in total. The monoisotopic (exact) mass is 820 g/mol. The van der Waals surface area contributed by atoms with Crippen molar-refractivity contribution in [3.63, 3.8) is 0 Å². The molecule has 0 atom stereocenters. The van der Waals surface area contributed by atoms with Crippen LogP contribution >= 0.6 is 0 Å². The predicted molar refractivity (Wildman–Crippen MR) is 158 cm³/mol. The van der Waals surface area contributed by atoms with Crippen molar-refractivity contribution in [2.45, 2.75) is 85.6 Å². The van der Waals surface area contributed by atoms with Crippen LogP contribution in [0.3, 0.4) is 0 Å². The van der Waals surface area contributed by atoms with Gasteiger partial charge in [-0.2, -0.15) is 0 Å². The molecule has 0 aromatic carbocycles. The second-order valence-corrected chi connectivity index (χ2v) is 11.5. The third kappa shape index (κ3) is 12.5. The highest BCUT2D eigenvalue weighted by molar-refractivity contribution is 5.91. The molecular formula is C26H32N2O28. The van der Waals surface area contributed by atoms with E-state index < -0.39 is 157 Å². The summed E-state index contributed by atoms with van der Waals surface area (Å²) in [5.41, 5.74) is -4.90. The van der Waals surface area contributed by atoms with Gasteiger partial charge in [-0.05, 0) is 0 Å². The molecule has 0 aliphatic carbocycles. The Kier molecular flexibility index (Phi) is 16.0. The van der Waals surface area contributed by atoms with Crippen LogP contribution in [0.15, 0.2) is 0 Å². The summed E-state index contributed by atoms with van der Waals surface area (Å²) >= 11 is 0. The third-order valence-electron chi connectivity index (χ3n) is 6.93. The SMILES string of the molecule is NC(OC(CC(=O)O)(CC(=O)O)C(=O)O)(OC(CC(=O)O)(CC(=O)O)C(=O)O)C(N)(OC(CC(=O)O)(CC(=O)O)C(=O)O)OC(CC(=O)O)(CC(=O)O)C(=O)O. The van der Waals surface area contributed by atoms with E-state index in [-0.39, 0.29) is 0 Å². The largest absolute Gasteiger partial charge is 0.481 e. The van der Waals surface area contributed by atoms with E-state index in [4.69, 9.17) is 30.4 Å². The maximum absolute atomic E-state index is 12.6. The zero-order valence-corrected chi connectivity index (χ0v) is 27.7. The molecule has 0 saturated carbocycles. The van der Waals surface area contributed by atoms with Crippen LogP contribution < -0.4 is 11.5 Å². The summed E-state index contributed by atoms with van der Waals surface area (Å²) in [5.74, 6) is -41.0. The van der Waals surface area contributed by atoms with Crippen molar-refractivity contribution >= 4 is 71.6 Å². The van der Waals surface area contributed by atoms with Gasteiger partial charge in [0.25, 0.3) is 11.8 Å². The van der Waals surface area contributed by atoms with E-state index in [2.05, 4.69) is 0 Å². The van der Waals surface area contributed by atoms with E-state index in [0.717, 1.165) is 0 Å². The Balaban J connectivity index is 9.44. The van der Waals surface area contributed by atoms with Crippen molar-refractivity contribution in [1.29, 1.82) is 0 Å². The first-order chi connectivity index (χ1) is 25.2. The molecule has 0 aliphatic heterocycles. The number of rotatable bonds is 29. The molecule has 0 amide bonds. The van der Waals surface area contributed by atoms with Crippen LogP contribution in [0.5, 0.6) is 0 Å². The Morgan fingerprint density at radius 3 is 0.464 bits per heavy atom. The zero-order chi connectivity index (χ0) is 44.4. The minimum atomic E-state index is -5.12. The van der Waals surface area contributed by atoms with Crippen molar-refractivity contribution in [2.75, 3.05) is 0 Å². The molecule has 0 saturated heterocycles. The molecule has 0 bridgehead atoms. The second-order valence-electron chi connectivity index (χ2n) is 11.5. The Hall–Kier alpha value is -6.60. The standard InChI is InChI=1S/C26H32N2O28/c27-25(53-21(17(45)46,1-9(29)30)2-10(31)32,54-22(18(47)48,3-11(33)34)4-12(35)36)26(28,55-23(19(49)50,5-13(37)38)6-14(39)40)56-24(20(51)52,7-15(41)42)8-16(43)44/h1-8,27-28H2,(H,29,30)(H,31,32)(H,33,34)(H,35,36)(H,37,38)(H,39,40)(H,41,42)(H,43,44)(H,45,46)(H,47,48)(H,49,50)(H,51,52). The number of hydrogen-bond donors (Lipinski definition) is 14. The van der Waals surface area contributed by atoms with Crippen LogP contribution in [0.2, 0.25) is 0 Å². The predicted octanol–water partition coefficient (Wildman–Crippen LogP) is -4.63. The van der Waals surface area contributed by atoms with Crippen LogP contribution in [-0.2, 0) is 76.5 Å². The molecule has 0 unspecified atom stereocenters. The zero-order valence-electron chi connectivity index (χ0n) is 27.7. The first kappa shape index (κ1) is 49.4. The maximum Gasteiger partial charge on any atom is 0.337 e. The molecule has 0 radical (unpaired) electrons. The van der Waals surface area contributed by atoms with Gasteiger partial charge in [0, 0.05) is 0 Å². The lowest BCUT2D eigenvalue weighted by atomic mass is 9.92. The molecule has 0 fully saturated rings. The van der Waals surface area contributed by atoms with Crippen LogP contribution in [0.4, 0.5) is 0 Å². The van der Waals surface area contributed by atoms with Crippen molar-refractivity contribution < 1.29 is 138 Å². The first-order valence-corrected chi connectivity index (χ1v) is 14.2.